The zero-order valence-corrected chi connectivity index (χ0v) is 11.0. The molecule has 1 aromatic rings. The number of nitrogens with zero attached hydrogens (tertiary/aromatic N) is 3. The molecule has 17 heavy (non-hydrogen) atoms. The lowest BCUT2D eigenvalue weighted by molar-refractivity contribution is 0.0690. The van der Waals surface area contributed by atoms with Gasteiger partial charge in [-0.05, 0) is 12.8 Å². The first-order chi connectivity index (χ1) is 8.11. The fourth-order valence-corrected chi connectivity index (χ4v) is 2.85. The number of carbonyl (C=O) groups is 1. The molecule has 1 fully saturated rings. The van der Waals surface area contributed by atoms with Crippen LogP contribution in [0, 0.1) is 0 Å². The molecule has 2 rings (SSSR count). The predicted molar refractivity (Wildman–Crippen MR) is 67.2 cm³/mol. The van der Waals surface area contributed by atoms with Crippen molar-refractivity contribution in [3.8, 4) is 0 Å². The third kappa shape index (κ3) is 2.46. The molecule has 5 heteroatoms. The summed E-state index contributed by atoms with van der Waals surface area (Å²) in [4.78, 5) is 18.0. The van der Waals surface area contributed by atoms with Crippen LogP contribution in [0.5, 0.6) is 0 Å². The topological polar surface area (TPSA) is 38.1 Å². The molecule has 1 aliphatic rings. The number of halogens is 1. The maximum atomic E-state index is 12.3. The standard InChI is InChI=1S/C12H18ClN3O/c1-15-8-14-7-11(15)12(17)16(2)10-6-4-3-5-9(10)13/h7-10H,3-6H2,1-2H3. The molecule has 0 aromatic carbocycles. The second-order valence-electron chi connectivity index (χ2n) is 4.67. The Bertz CT molecular complexity index is 404. The fourth-order valence-electron chi connectivity index (χ4n) is 2.40. The number of hydrogen-bond donors (Lipinski definition) is 0. The van der Waals surface area contributed by atoms with Crippen LogP contribution in [-0.4, -0.2) is 38.8 Å². The third-order valence-corrected chi connectivity index (χ3v) is 4.01. The van der Waals surface area contributed by atoms with E-state index < -0.39 is 0 Å². The molecule has 0 radical (unpaired) electrons. The van der Waals surface area contributed by atoms with Gasteiger partial charge in [-0.25, -0.2) is 4.98 Å². The number of hydrogen-bond acceptors (Lipinski definition) is 2. The summed E-state index contributed by atoms with van der Waals surface area (Å²) in [6, 6.07) is 0.146. The van der Waals surface area contributed by atoms with Gasteiger partial charge in [0.25, 0.3) is 5.91 Å². The van der Waals surface area contributed by atoms with Crippen LogP contribution >= 0.6 is 11.6 Å². The van der Waals surface area contributed by atoms with E-state index in [1.165, 1.54) is 6.42 Å². The zero-order chi connectivity index (χ0) is 12.4. The number of alkyl halides is 1. The van der Waals surface area contributed by atoms with Crippen molar-refractivity contribution < 1.29 is 4.79 Å². The van der Waals surface area contributed by atoms with Crippen molar-refractivity contribution in [2.45, 2.75) is 37.1 Å². The Hall–Kier alpha value is -1.03. The number of amides is 1. The van der Waals surface area contributed by atoms with Crippen LogP contribution < -0.4 is 0 Å². The average molecular weight is 256 g/mol. The maximum absolute atomic E-state index is 12.3. The van der Waals surface area contributed by atoms with Crippen LogP contribution in [0.1, 0.15) is 36.2 Å². The van der Waals surface area contributed by atoms with Gasteiger partial charge in [0.15, 0.2) is 0 Å². The lowest BCUT2D eigenvalue weighted by Crippen LogP contribution is -2.44. The Morgan fingerprint density at radius 2 is 2.24 bits per heavy atom. The molecule has 2 unspecified atom stereocenters. The summed E-state index contributed by atoms with van der Waals surface area (Å²) < 4.78 is 1.74. The molecule has 94 valence electrons. The highest BCUT2D eigenvalue weighted by Crippen LogP contribution is 2.27. The molecule has 1 heterocycles. The molecule has 1 aromatic heterocycles. The predicted octanol–water partition coefficient (Wildman–Crippen LogP) is 2.04. The first-order valence-corrected chi connectivity index (χ1v) is 6.42. The van der Waals surface area contributed by atoms with Crippen molar-refractivity contribution >= 4 is 17.5 Å². The second-order valence-corrected chi connectivity index (χ2v) is 5.23. The fraction of sp³-hybridized carbons (Fsp3) is 0.667. The monoisotopic (exact) mass is 255 g/mol. The molecule has 1 saturated carbocycles. The summed E-state index contributed by atoms with van der Waals surface area (Å²) in [5.41, 5.74) is 0.613. The molecule has 1 aliphatic carbocycles. The SMILES string of the molecule is CN(C(=O)c1cncn1C)C1CCCCC1Cl. The van der Waals surface area contributed by atoms with Crippen molar-refractivity contribution in [1.29, 1.82) is 0 Å². The van der Waals surface area contributed by atoms with E-state index in [9.17, 15) is 4.79 Å². The summed E-state index contributed by atoms with van der Waals surface area (Å²) in [5.74, 6) is 0.00236. The van der Waals surface area contributed by atoms with Gasteiger partial charge in [0.2, 0.25) is 0 Å². The van der Waals surface area contributed by atoms with E-state index >= 15 is 0 Å². The van der Waals surface area contributed by atoms with Gasteiger partial charge < -0.3 is 9.47 Å². The normalized spacial score (nSPS) is 24.6. The first-order valence-electron chi connectivity index (χ1n) is 5.99. The Morgan fingerprint density at radius 1 is 1.53 bits per heavy atom. The van der Waals surface area contributed by atoms with Gasteiger partial charge in [-0.15, -0.1) is 11.6 Å². The largest absolute Gasteiger partial charge is 0.336 e. The summed E-state index contributed by atoms with van der Waals surface area (Å²) in [5, 5.41) is 0.0749. The number of carbonyl (C=O) groups excluding carboxylic acids is 1. The van der Waals surface area contributed by atoms with Gasteiger partial charge in [-0.2, -0.15) is 0 Å². The molecular formula is C12H18ClN3O. The molecule has 4 nitrogen and oxygen atoms in total. The van der Waals surface area contributed by atoms with E-state index in [0.29, 0.717) is 5.69 Å². The Kier molecular flexibility index (Phi) is 3.72. The third-order valence-electron chi connectivity index (χ3n) is 3.50. The second kappa shape index (κ2) is 5.08. The zero-order valence-electron chi connectivity index (χ0n) is 10.3. The van der Waals surface area contributed by atoms with E-state index in [4.69, 9.17) is 11.6 Å². The smallest absolute Gasteiger partial charge is 0.272 e. The summed E-state index contributed by atoms with van der Waals surface area (Å²) >= 11 is 6.31. The van der Waals surface area contributed by atoms with E-state index in [-0.39, 0.29) is 17.3 Å². The molecule has 0 aliphatic heterocycles. The molecule has 0 saturated heterocycles. The Labute approximate surface area is 107 Å². The minimum atomic E-state index is 0.00236. The van der Waals surface area contributed by atoms with Crippen LogP contribution in [0.4, 0.5) is 0 Å². The quantitative estimate of drug-likeness (QED) is 0.759. The van der Waals surface area contributed by atoms with E-state index in [2.05, 4.69) is 4.98 Å². The van der Waals surface area contributed by atoms with Crippen LogP contribution in [0.3, 0.4) is 0 Å². The van der Waals surface area contributed by atoms with Gasteiger partial charge in [0, 0.05) is 20.1 Å². The van der Waals surface area contributed by atoms with Crippen molar-refractivity contribution in [3.63, 3.8) is 0 Å². The summed E-state index contributed by atoms with van der Waals surface area (Å²) in [6.07, 6.45) is 7.55. The molecule has 2 atom stereocenters. The van der Waals surface area contributed by atoms with Crippen molar-refractivity contribution in [2.24, 2.45) is 7.05 Å². The maximum Gasteiger partial charge on any atom is 0.272 e. The number of imidazole rings is 1. The highest BCUT2D eigenvalue weighted by Gasteiger charge is 2.30. The number of aromatic nitrogens is 2. The highest BCUT2D eigenvalue weighted by atomic mass is 35.5. The van der Waals surface area contributed by atoms with E-state index in [1.54, 1.807) is 22.0 Å². The molecule has 1 amide bonds. The number of rotatable bonds is 2. The van der Waals surface area contributed by atoms with Gasteiger partial charge in [-0.1, -0.05) is 12.8 Å². The van der Waals surface area contributed by atoms with Crippen molar-refractivity contribution in [1.82, 2.24) is 14.5 Å². The van der Waals surface area contributed by atoms with Crippen LogP contribution in [-0.2, 0) is 7.05 Å². The molecular weight excluding hydrogens is 238 g/mol. The lowest BCUT2D eigenvalue weighted by atomic mass is 9.94. The minimum Gasteiger partial charge on any atom is -0.336 e. The first kappa shape index (κ1) is 12.4. The van der Waals surface area contributed by atoms with Crippen LogP contribution in [0.15, 0.2) is 12.5 Å². The molecule has 0 N–H and O–H groups in total. The van der Waals surface area contributed by atoms with E-state index in [1.807, 2.05) is 14.1 Å². The average Bonchev–Trinajstić information content (AvgIpc) is 2.74. The molecule has 0 spiro atoms. The summed E-state index contributed by atoms with van der Waals surface area (Å²) in [7, 11) is 3.66. The van der Waals surface area contributed by atoms with Gasteiger partial charge >= 0.3 is 0 Å². The van der Waals surface area contributed by atoms with Crippen LogP contribution in [0.25, 0.3) is 0 Å². The van der Waals surface area contributed by atoms with Crippen molar-refractivity contribution in [2.75, 3.05) is 7.05 Å². The van der Waals surface area contributed by atoms with Crippen LogP contribution in [0.2, 0.25) is 0 Å². The van der Waals surface area contributed by atoms with Gasteiger partial charge in [-0.3, -0.25) is 4.79 Å². The molecule has 0 bridgehead atoms. The van der Waals surface area contributed by atoms with E-state index in [0.717, 1.165) is 19.3 Å². The van der Waals surface area contributed by atoms with Gasteiger partial charge in [0.1, 0.15) is 5.69 Å². The Balaban J connectivity index is 2.11. The summed E-state index contributed by atoms with van der Waals surface area (Å²) in [6.45, 7) is 0. The Morgan fingerprint density at radius 3 is 2.82 bits per heavy atom. The number of aryl methyl sites for hydroxylation is 1. The van der Waals surface area contributed by atoms with Crippen molar-refractivity contribution in [3.05, 3.63) is 18.2 Å². The minimum absolute atomic E-state index is 0.00236. The van der Waals surface area contributed by atoms with Gasteiger partial charge in [0.05, 0.1) is 17.9 Å². The highest BCUT2D eigenvalue weighted by molar-refractivity contribution is 6.21. The lowest BCUT2D eigenvalue weighted by Gasteiger charge is -2.34.